The van der Waals surface area contributed by atoms with E-state index in [-0.39, 0.29) is 11.5 Å². The molecule has 3 heteroatoms. The molecule has 224 valence electrons. The molecule has 3 aliphatic carbocycles. The molecule has 5 unspecified atom stereocenters. The zero-order valence-corrected chi connectivity index (χ0v) is 26.5. The van der Waals surface area contributed by atoms with E-state index in [1.807, 2.05) is 6.20 Å². The summed E-state index contributed by atoms with van der Waals surface area (Å²) in [5.74, 6) is 1.43. The fourth-order valence-corrected chi connectivity index (χ4v) is 9.86. The van der Waals surface area contributed by atoms with Crippen molar-refractivity contribution < 1.29 is 0 Å². The molecule has 1 N–H and O–H groups in total. The second-order valence-electron chi connectivity index (χ2n) is 14.2. The van der Waals surface area contributed by atoms with Gasteiger partial charge in [0.15, 0.2) is 0 Å². The summed E-state index contributed by atoms with van der Waals surface area (Å²) in [6, 6.07) is 31.8. The molecule has 1 aromatic heterocycles. The molecule has 3 heterocycles. The van der Waals surface area contributed by atoms with Crippen molar-refractivity contribution in [2.45, 2.75) is 63.5 Å². The van der Waals surface area contributed by atoms with Crippen molar-refractivity contribution in [3.8, 4) is 11.3 Å². The molecule has 2 aliphatic heterocycles. The number of aromatic nitrogens is 1. The van der Waals surface area contributed by atoms with Crippen LogP contribution in [0, 0.1) is 11.8 Å². The predicted octanol–water partition coefficient (Wildman–Crippen LogP) is 9.76. The summed E-state index contributed by atoms with van der Waals surface area (Å²) >= 11 is 0. The number of hydrogen-bond acceptors (Lipinski definition) is 3. The lowest BCUT2D eigenvalue weighted by Gasteiger charge is -2.44. The molecule has 0 spiro atoms. The average Bonchev–Trinajstić information content (AvgIpc) is 3.49. The lowest BCUT2D eigenvalue weighted by Crippen LogP contribution is -2.42. The monoisotopic (exact) mass is 587 g/mol. The van der Waals surface area contributed by atoms with Gasteiger partial charge in [-0.1, -0.05) is 111 Å². The highest BCUT2D eigenvalue weighted by molar-refractivity contribution is 5.83. The lowest BCUT2D eigenvalue weighted by atomic mass is 9.65. The number of pyridine rings is 1. The molecule has 5 aliphatic rings. The molecular formula is C42H41N3. The van der Waals surface area contributed by atoms with Crippen LogP contribution < -0.4 is 10.2 Å². The van der Waals surface area contributed by atoms with Crippen molar-refractivity contribution in [1.29, 1.82) is 0 Å². The smallest absolute Gasteiger partial charge is 0.0808 e. The number of nitrogens with one attached hydrogen (secondary N) is 1. The van der Waals surface area contributed by atoms with Gasteiger partial charge in [-0.2, -0.15) is 0 Å². The van der Waals surface area contributed by atoms with Crippen LogP contribution in [-0.2, 0) is 5.41 Å². The Morgan fingerprint density at radius 3 is 2.56 bits per heavy atom. The van der Waals surface area contributed by atoms with E-state index >= 15 is 0 Å². The highest BCUT2D eigenvalue weighted by Crippen LogP contribution is 2.56. The van der Waals surface area contributed by atoms with Crippen LogP contribution in [0.4, 0.5) is 11.4 Å². The Hall–Kier alpha value is -4.37. The van der Waals surface area contributed by atoms with E-state index in [0.717, 1.165) is 24.3 Å². The van der Waals surface area contributed by atoms with Crippen molar-refractivity contribution in [3.05, 3.63) is 148 Å². The number of benzene rings is 3. The summed E-state index contributed by atoms with van der Waals surface area (Å²) in [5.41, 5.74) is 15.3. The Kier molecular flexibility index (Phi) is 6.04. The molecule has 3 nitrogen and oxygen atoms in total. The molecule has 0 saturated carbocycles. The van der Waals surface area contributed by atoms with Crippen LogP contribution in [0.3, 0.4) is 0 Å². The minimum atomic E-state index is -0.0361. The Labute approximate surface area is 267 Å². The summed E-state index contributed by atoms with van der Waals surface area (Å²) in [6.45, 7) is 8.57. The molecule has 1 fully saturated rings. The number of nitrogens with zero attached hydrogens (tertiary/aromatic N) is 2. The summed E-state index contributed by atoms with van der Waals surface area (Å²) in [7, 11) is 0. The van der Waals surface area contributed by atoms with Gasteiger partial charge in [-0.25, -0.2) is 0 Å². The standard InChI is InChI=1S/C42H41N3/c1-26-38-34(29-14-5-4-13-28(29)30-15-6-9-19-35(30)42(38,2)3)25-27-22-24-45(41(26)27)37-21-11-8-17-32(37)40-33-18-12-23-43-39(33)31-16-7-10-20-36(31)44-40/h5-12,14-21,23,25-26,28-29,40-41,44H,4,13,22,24H2,1-3H3. The molecule has 45 heavy (non-hydrogen) atoms. The largest absolute Gasteiger partial charge is 0.373 e. The summed E-state index contributed by atoms with van der Waals surface area (Å²) in [5, 5.41) is 3.93. The molecule has 0 radical (unpaired) electrons. The van der Waals surface area contributed by atoms with Gasteiger partial charge in [0.2, 0.25) is 0 Å². The van der Waals surface area contributed by atoms with Crippen LogP contribution in [-0.4, -0.2) is 17.6 Å². The zero-order valence-electron chi connectivity index (χ0n) is 26.5. The summed E-state index contributed by atoms with van der Waals surface area (Å²) in [4.78, 5) is 7.63. The number of rotatable bonds is 2. The molecule has 9 rings (SSSR count). The van der Waals surface area contributed by atoms with Gasteiger partial charge in [0.25, 0.3) is 0 Å². The number of para-hydroxylation sites is 2. The molecular weight excluding hydrogens is 546 g/mol. The van der Waals surface area contributed by atoms with E-state index in [1.54, 1.807) is 22.3 Å². The fraction of sp³-hybridized carbons (Fsp3) is 0.310. The third-order valence-corrected chi connectivity index (χ3v) is 11.6. The first kappa shape index (κ1) is 27.0. The number of fused-ring (bicyclic) bond motifs is 8. The SMILES string of the molecule is CC1C2=C(C=C3CCN(c4ccccc4C4Nc5ccccc5-c5ncccc54)C31)C1C=CCCC1c1ccccc1C2(C)C. The summed E-state index contributed by atoms with van der Waals surface area (Å²) < 4.78 is 0. The first-order valence-electron chi connectivity index (χ1n) is 16.9. The average molecular weight is 588 g/mol. The Bertz CT molecular complexity index is 1930. The fourth-order valence-electron chi connectivity index (χ4n) is 9.86. The highest BCUT2D eigenvalue weighted by atomic mass is 15.2. The minimum Gasteiger partial charge on any atom is -0.373 e. The maximum atomic E-state index is 4.89. The highest BCUT2D eigenvalue weighted by Gasteiger charge is 2.48. The number of anilines is 2. The Balaban J connectivity index is 1.16. The summed E-state index contributed by atoms with van der Waals surface area (Å²) in [6.07, 6.45) is 13.1. The van der Waals surface area contributed by atoms with Crippen LogP contribution in [0.5, 0.6) is 0 Å². The van der Waals surface area contributed by atoms with Crippen molar-refractivity contribution in [3.63, 3.8) is 0 Å². The van der Waals surface area contributed by atoms with E-state index in [9.17, 15) is 0 Å². The van der Waals surface area contributed by atoms with E-state index in [0.29, 0.717) is 23.8 Å². The third-order valence-electron chi connectivity index (χ3n) is 11.6. The van der Waals surface area contributed by atoms with E-state index < -0.39 is 0 Å². The molecule has 3 aromatic carbocycles. The Morgan fingerprint density at radius 2 is 1.64 bits per heavy atom. The molecule has 5 atom stereocenters. The Morgan fingerprint density at radius 1 is 0.867 bits per heavy atom. The quantitative estimate of drug-likeness (QED) is 0.237. The van der Waals surface area contributed by atoms with Crippen LogP contribution in [0.1, 0.15) is 74.2 Å². The maximum absolute atomic E-state index is 4.89. The van der Waals surface area contributed by atoms with E-state index in [1.165, 1.54) is 40.8 Å². The van der Waals surface area contributed by atoms with Gasteiger partial charge in [-0.05, 0) is 65.7 Å². The first-order chi connectivity index (χ1) is 22.0. The van der Waals surface area contributed by atoms with Gasteiger partial charge >= 0.3 is 0 Å². The van der Waals surface area contributed by atoms with E-state index in [4.69, 9.17) is 4.98 Å². The van der Waals surface area contributed by atoms with Crippen molar-refractivity contribution in [2.75, 3.05) is 16.8 Å². The van der Waals surface area contributed by atoms with Crippen LogP contribution in [0.2, 0.25) is 0 Å². The third kappa shape index (κ3) is 3.92. The van der Waals surface area contributed by atoms with Gasteiger partial charge < -0.3 is 10.2 Å². The van der Waals surface area contributed by atoms with Crippen molar-refractivity contribution in [2.24, 2.45) is 11.8 Å². The van der Waals surface area contributed by atoms with Crippen molar-refractivity contribution >= 4 is 11.4 Å². The predicted molar refractivity (Wildman–Crippen MR) is 186 cm³/mol. The molecule has 1 saturated heterocycles. The molecule has 0 amide bonds. The second-order valence-corrected chi connectivity index (χ2v) is 14.2. The molecule has 0 bridgehead atoms. The second kappa shape index (κ2) is 10.1. The van der Waals surface area contributed by atoms with Gasteiger partial charge in [-0.15, -0.1) is 0 Å². The number of hydrogen-bond donors (Lipinski definition) is 1. The normalized spacial score (nSPS) is 27.1. The van der Waals surface area contributed by atoms with Crippen LogP contribution in [0.25, 0.3) is 11.3 Å². The maximum Gasteiger partial charge on any atom is 0.0808 e. The lowest BCUT2D eigenvalue weighted by molar-refractivity contribution is 0.456. The van der Waals surface area contributed by atoms with E-state index in [2.05, 4.69) is 134 Å². The van der Waals surface area contributed by atoms with Gasteiger partial charge in [-0.3, -0.25) is 4.98 Å². The molecule has 4 aromatic rings. The van der Waals surface area contributed by atoms with Crippen LogP contribution in [0.15, 0.2) is 126 Å². The first-order valence-corrected chi connectivity index (χ1v) is 16.9. The topological polar surface area (TPSA) is 28.2 Å². The van der Waals surface area contributed by atoms with Crippen LogP contribution >= 0.6 is 0 Å². The zero-order chi connectivity index (χ0) is 30.3. The van der Waals surface area contributed by atoms with Gasteiger partial charge in [0.1, 0.15) is 0 Å². The van der Waals surface area contributed by atoms with Gasteiger partial charge in [0.05, 0.1) is 17.8 Å². The number of allylic oxidation sites excluding steroid dienone is 4. The van der Waals surface area contributed by atoms with Gasteiger partial charge in [0, 0.05) is 58.1 Å². The van der Waals surface area contributed by atoms with Crippen molar-refractivity contribution in [1.82, 2.24) is 4.98 Å². The minimum absolute atomic E-state index is 0.0361.